The molecule has 2 aromatic carbocycles. The first kappa shape index (κ1) is 17.8. The summed E-state index contributed by atoms with van der Waals surface area (Å²) < 4.78 is 10.3. The molecule has 0 aliphatic carbocycles. The third-order valence-electron chi connectivity index (χ3n) is 4.52. The van der Waals surface area contributed by atoms with Crippen LogP contribution < -0.4 is 9.64 Å². The predicted octanol–water partition coefficient (Wildman–Crippen LogP) is 2.92. The zero-order valence-electron chi connectivity index (χ0n) is 14.9. The number of carbonyl (C=O) groups excluding carboxylic acids is 2. The van der Waals surface area contributed by atoms with Gasteiger partial charge in [0.2, 0.25) is 0 Å². The lowest BCUT2D eigenvalue weighted by Gasteiger charge is -2.26. The Hall–Kier alpha value is -3.02. The van der Waals surface area contributed by atoms with Crippen molar-refractivity contribution in [3.8, 4) is 11.5 Å². The summed E-state index contributed by atoms with van der Waals surface area (Å²) in [7, 11) is 1.39. The van der Waals surface area contributed by atoms with Gasteiger partial charge in [-0.3, -0.25) is 4.79 Å². The third kappa shape index (κ3) is 3.10. The van der Waals surface area contributed by atoms with Gasteiger partial charge in [-0.1, -0.05) is 24.3 Å². The van der Waals surface area contributed by atoms with Crippen LogP contribution in [-0.2, 0) is 16.0 Å². The molecule has 1 N–H and O–H groups in total. The Kier molecular flexibility index (Phi) is 4.84. The zero-order valence-corrected chi connectivity index (χ0v) is 14.9. The Morgan fingerprint density at radius 2 is 1.92 bits per heavy atom. The van der Waals surface area contributed by atoms with Crippen molar-refractivity contribution in [2.75, 3.05) is 12.0 Å². The highest BCUT2D eigenvalue weighted by Crippen LogP contribution is 2.33. The summed E-state index contributed by atoms with van der Waals surface area (Å²) in [5, 5.41) is 10.1. The molecule has 0 radical (unpaired) electrons. The standard InChI is InChI=1S/C20H21NO5/c1-12-11-14-7-4-5-9-16(14)21(12)19(23)13(2)26-20(24)15-8-6-10-17(25-3)18(15)22/h4-10,12-13,22H,11H2,1-3H3/t12-,13-/m0/s1. The van der Waals surface area contributed by atoms with Crippen LogP contribution in [0.4, 0.5) is 5.69 Å². The minimum absolute atomic E-state index is 0.00808. The molecule has 136 valence electrons. The Morgan fingerprint density at radius 3 is 2.65 bits per heavy atom. The maximum absolute atomic E-state index is 12.9. The first-order valence-electron chi connectivity index (χ1n) is 8.42. The van der Waals surface area contributed by atoms with E-state index < -0.39 is 12.1 Å². The van der Waals surface area contributed by atoms with E-state index in [0.29, 0.717) is 0 Å². The number of nitrogens with zero attached hydrogens (tertiary/aromatic N) is 1. The van der Waals surface area contributed by atoms with Crippen molar-refractivity contribution in [3.63, 3.8) is 0 Å². The average molecular weight is 355 g/mol. The number of hydrogen-bond acceptors (Lipinski definition) is 5. The van der Waals surface area contributed by atoms with E-state index in [1.807, 2.05) is 31.2 Å². The molecule has 0 saturated carbocycles. The van der Waals surface area contributed by atoms with Crippen molar-refractivity contribution < 1.29 is 24.2 Å². The van der Waals surface area contributed by atoms with E-state index in [1.54, 1.807) is 11.0 Å². The largest absolute Gasteiger partial charge is 0.504 e. The summed E-state index contributed by atoms with van der Waals surface area (Å²) in [6.45, 7) is 3.49. The van der Waals surface area contributed by atoms with Crippen LogP contribution in [0.2, 0.25) is 0 Å². The van der Waals surface area contributed by atoms with Gasteiger partial charge in [0, 0.05) is 11.7 Å². The molecule has 6 nitrogen and oxygen atoms in total. The van der Waals surface area contributed by atoms with Crippen LogP contribution >= 0.6 is 0 Å². The number of amides is 1. The van der Waals surface area contributed by atoms with E-state index in [9.17, 15) is 14.7 Å². The van der Waals surface area contributed by atoms with E-state index >= 15 is 0 Å². The lowest BCUT2D eigenvalue weighted by molar-refractivity contribution is -0.126. The van der Waals surface area contributed by atoms with Crippen LogP contribution in [0, 0.1) is 0 Å². The van der Waals surface area contributed by atoms with Crippen molar-refractivity contribution in [2.24, 2.45) is 0 Å². The Bertz CT molecular complexity index is 848. The van der Waals surface area contributed by atoms with E-state index in [2.05, 4.69) is 0 Å². The highest BCUT2D eigenvalue weighted by molar-refractivity contribution is 6.01. The summed E-state index contributed by atoms with van der Waals surface area (Å²) in [6, 6.07) is 12.2. The first-order chi connectivity index (χ1) is 12.4. The molecule has 0 bridgehead atoms. The Morgan fingerprint density at radius 1 is 1.19 bits per heavy atom. The highest BCUT2D eigenvalue weighted by Gasteiger charge is 2.34. The monoisotopic (exact) mass is 355 g/mol. The molecule has 6 heteroatoms. The summed E-state index contributed by atoms with van der Waals surface area (Å²) in [5.41, 5.74) is 1.90. The summed E-state index contributed by atoms with van der Waals surface area (Å²) in [5.74, 6) is -1.21. The van der Waals surface area contributed by atoms with Crippen molar-refractivity contribution >= 4 is 17.6 Å². The van der Waals surface area contributed by atoms with Gasteiger partial charge in [-0.2, -0.15) is 0 Å². The maximum Gasteiger partial charge on any atom is 0.342 e. The molecule has 0 unspecified atom stereocenters. The number of methoxy groups -OCH3 is 1. The number of rotatable bonds is 4. The number of phenols is 1. The summed E-state index contributed by atoms with van der Waals surface area (Å²) in [4.78, 5) is 26.9. The molecular weight excluding hydrogens is 334 g/mol. The van der Waals surface area contributed by atoms with E-state index in [-0.39, 0.29) is 29.0 Å². The number of benzene rings is 2. The molecule has 0 aromatic heterocycles. The number of ether oxygens (including phenoxy) is 2. The van der Waals surface area contributed by atoms with Crippen molar-refractivity contribution in [3.05, 3.63) is 53.6 Å². The lowest BCUT2D eigenvalue weighted by atomic mass is 10.1. The molecule has 2 atom stereocenters. The fourth-order valence-electron chi connectivity index (χ4n) is 3.22. The minimum atomic E-state index is -0.985. The normalized spacial score (nSPS) is 16.7. The predicted molar refractivity (Wildman–Crippen MR) is 96.6 cm³/mol. The number of hydrogen-bond donors (Lipinski definition) is 1. The van der Waals surface area contributed by atoms with Crippen LogP contribution in [0.1, 0.15) is 29.8 Å². The molecule has 1 heterocycles. The fourth-order valence-corrected chi connectivity index (χ4v) is 3.22. The molecular formula is C20H21NO5. The molecule has 1 amide bonds. The van der Waals surface area contributed by atoms with Crippen LogP contribution in [0.25, 0.3) is 0 Å². The number of esters is 1. The lowest BCUT2D eigenvalue weighted by Crippen LogP contribution is -2.43. The van der Waals surface area contributed by atoms with Gasteiger partial charge in [0.1, 0.15) is 5.56 Å². The molecule has 26 heavy (non-hydrogen) atoms. The van der Waals surface area contributed by atoms with Crippen molar-refractivity contribution in [1.82, 2.24) is 0 Å². The maximum atomic E-state index is 12.9. The molecule has 2 aromatic rings. The van der Waals surface area contributed by atoms with E-state index in [4.69, 9.17) is 9.47 Å². The number of para-hydroxylation sites is 2. The van der Waals surface area contributed by atoms with Crippen LogP contribution in [-0.4, -0.2) is 36.2 Å². The second-order valence-electron chi connectivity index (χ2n) is 6.29. The zero-order chi connectivity index (χ0) is 18.8. The smallest absolute Gasteiger partial charge is 0.342 e. The number of fused-ring (bicyclic) bond motifs is 1. The number of anilines is 1. The number of aromatic hydroxyl groups is 1. The van der Waals surface area contributed by atoms with Gasteiger partial charge in [-0.15, -0.1) is 0 Å². The van der Waals surface area contributed by atoms with Gasteiger partial charge in [-0.25, -0.2) is 4.79 Å². The molecule has 0 spiro atoms. The number of carbonyl (C=O) groups is 2. The van der Waals surface area contributed by atoms with Crippen LogP contribution in [0.15, 0.2) is 42.5 Å². The SMILES string of the molecule is COc1cccc(C(=O)O[C@@H](C)C(=O)N2c3ccccc3C[C@@H]2C)c1O. The first-order valence-corrected chi connectivity index (χ1v) is 8.42. The summed E-state index contributed by atoms with van der Waals surface area (Å²) >= 11 is 0. The van der Waals surface area contributed by atoms with Gasteiger partial charge in [0.15, 0.2) is 17.6 Å². The number of phenolic OH excluding ortho intramolecular Hbond substituents is 1. The second kappa shape index (κ2) is 7.07. The van der Waals surface area contributed by atoms with Gasteiger partial charge in [-0.05, 0) is 44.0 Å². The van der Waals surface area contributed by atoms with Crippen LogP contribution in [0.3, 0.4) is 0 Å². The van der Waals surface area contributed by atoms with E-state index in [0.717, 1.165) is 17.7 Å². The highest BCUT2D eigenvalue weighted by atomic mass is 16.5. The minimum Gasteiger partial charge on any atom is -0.504 e. The topological polar surface area (TPSA) is 76.1 Å². The average Bonchev–Trinajstić information content (AvgIpc) is 2.96. The molecule has 1 aliphatic heterocycles. The molecule has 1 aliphatic rings. The summed E-state index contributed by atoms with van der Waals surface area (Å²) in [6.07, 6.45) is -0.221. The van der Waals surface area contributed by atoms with Crippen LogP contribution in [0.5, 0.6) is 11.5 Å². The molecule has 0 fully saturated rings. The Labute approximate surface area is 152 Å². The Balaban J connectivity index is 1.77. The molecule has 0 saturated heterocycles. The third-order valence-corrected chi connectivity index (χ3v) is 4.52. The van der Waals surface area contributed by atoms with Gasteiger partial charge in [0.25, 0.3) is 5.91 Å². The molecule has 3 rings (SSSR count). The van der Waals surface area contributed by atoms with Gasteiger partial charge in [0.05, 0.1) is 7.11 Å². The van der Waals surface area contributed by atoms with Gasteiger partial charge >= 0.3 is 5.97 Å². The fraction of sp³-hybridized carbons (Fsp3) is 0.300. The van der Waals surface area contributed by atoms with Crippen molar-refractivity contribution in [1.29, 1.82) is 0 Å². The van der Waals surface area contributed by atoms with E-state index in [1.165, 1.54) is 26.2 Å². The quantitative estimate of drug-likeness (QED) is 0.854. The second-order valence-corrected chi connectivity index (χ2v) is 6.29. The van der Waals surface area contributed by atoms with Crippen molar-refractivity contribution in [2.45, 2.75) is 32.4 Å². The van der Waals surface area contributed by atoms with Gasteiger partial charge < -0.3 is 19.5 Å².